The second-order valence-corrected chi connectivity index (χ2v) is 6.31. The van der Waals surface area contributed by atoms with Crippen LogP contribution in [0.2, 0.25) is 5.02 Å². The molecule has 3 nitrogen and oxygen atoms in total. The zero-order valence-corrected chi connectivity index (χ0v) is 12.9. The summed E-state index contributed by atoms with van der Waals surface area (Å²) in [7, 11) is 1.90. The van der Waals surface area contributed by atoms with Gasteiger partial charge in [-0.25, -0.2) is 4.39 Å². The van der Waals surface area contributed by atoms with Crippen LogP contribution in [0.1, 0.15) is 32.0 Å². The summed E-state index contributed by atoms with van der Waals surface area (Å²) in [5.74, 6) is -0.306. The van der Waals surface area contributed by atoms with Gasteiger partial charge in [-0.2, -0.15) is 5.10 Å². The van der Waals surface area contributed by atoms with Crippen LogP contribution in [0.5, 0.6) is 0 Å². The monoisotopic (exact) mass is 295 g/mol. The van der Waals surface area contributed by atoms with Crippen LogP contribution in [0.15, 0.2) is 24.4 Å². The van der Waals surface area contributed by atoms with E-state index in [2.05, 4.69) is 31.2 Å². The summed E-state index contributed by atoms with van der Waals surface area (Å²) in [4.78, 5) is 0. The van der Waals surface area contributed by atoms with Gasteiger partial charge in [-0.05, 0) is 18.2 Å². The van der Waals surface area contributed by atoms with E-state index in [0.717, 1.165) is 11.3 Å². The molecule has 108 valence electrons. The van der Waals surface area contributed by atoms with Crippen LogP contribution in [0.25, 0.3) is 0 Å². The summed E-state index contributed by atoms with van der Waals surface area (Å²) in [6.07, 6.45) is 1.97. The minimum atomic E-state index is -0.306. The zero-order valence-electron chi connectivity index (χ0n) is 12.2. The van der Waals surface area contributed by atoms with Crippen molar-refractivity contribution in [1.82, 2.24) is 9.78 Å². The van der Waals surface area contributed by atoms with Crippen molar-refractivity contribution in [3.05, 3.63) is 46.5 Å². The molecule has 0 radical (unpaired) electrons. The number of rotatable bonds is 3. The lowest BCUT2D eigenvalue weighted by atomic mass is 9.89. The normalized spacial score (nSPS) is 11.7. The summed E-state index contributed by atoms with van der Waals surface area (Å²) >= 11 is 6.05. The Kier molecular flexibility index (Phi) is 4.04. The van der Waals surface area contributed by atoms with Crippen LogP contribution in [0.4, 0.5) is 10.1 Å². The van der Waals surface area contributed by atoms with Gasteiger partial charge in [-0.1, -0.05) is 32.4 Å². The Balaban J connectivity index is 2.21. The molecule has 0 bridgehead atoms. The Hall–Kier alpha value is -1.55. The van der Waals surface area contributed by atoms with E-state index < -0.39 is 0 Å². The zero-order chi connectivity index (χ0) is 14.9. The van der Waals surface area contributed by atoms with E-state index in [1.807, 2.05) is 13.2 Å². The first kappa shape index (κ1) is 14.9. The molecule has 0 spiro atoms. The second kappa shape index (κ2) is 5.44. The predicted molar refractivity (Wildman–Crippen MR) is 80.6 cm³/mol. The van der Waals surface area contributed by atoms with Gasteiger partial charge in [0, 0.05) is 30.8 Å². The van der Waals surface area contributed by atoms with Crippen LogP contribution < -0.4 is 5.32 Å². The molecule has 0 saturated heterocycles. The Morgan fingerprint density at radius 2 is 2.05 bits per heavy atom. The molecule has 0 aliphatic rings. The smallest absolute Gasteiger partial charge is 0.125 e. The molecule has 1 aromatic carbocycles. The van der Waals surface area contributed by atoms with Crippen LogP contribution in [0, 0.1) is 5.82 Å². The topological polar surface area (TPSA) is 29.9 Å². The molecule has 20 heavy (non-hydrogen) atoms. The molecule has 0 aliphatic heterocycles. The van der Waals surface area contributed by atoms with E-state index in [1.165, 1.54) is 12.1 Å². The molecule has 1 aromatic heterocycles. The highest BCUT2D eigenvalue weighted by Gasteiger charge is 2.21. The lowest BCUT2D eigenvalue weighted by Crippen LogP contribution is -2.16. The SMILES string of the molecule is Cn1cc(CNc2cc(F)ccc2Cl)c(C(C)(C)C)n1. The van der Waals surface area contributed by atoms with Gasteiger partial charge in [0.15, 0.2) is 0 Å². The van der Waals surface area contributed by atoms with Gasteiger partial charge in [0.2, 0.25) is 0 Å². The number of hydrogen-bond acceptors (Lipinski definition) is 2. The lowest BCUT2D eigenvalue weighted by molar-refractivity contribution is 0.549. The molecular weight excluding hydrogens is 277 g/mol. The molecule has 0 unspecified atom stereocenters. The maximum absolute atomic E-state index is 13.2. The maximum Gasteiger partial charge on any atom is 0.125 e. The maximum atomic E-state index is 13.2. The number of aryl methyl sites for hydroxylation is 1. The van der Waals surface area contributed by atoms with Crippen molar-refractivity contribution in [2.45, 2.75) is 32.7 Å². The second-order valence-electron chi connectivity index (χ2n) is 5.90. The number of aromatic nitrogens is 2. The standard InChI is InChI=1S/C15H19ClFN3/c1-15(2,3)14-10(9-20(4)19-14)8-18-13-7-11(17)5-6-12(13)16/h5-7,9,18H,8H2,1-4H3. The van der Waals surface area contributed by atoms with E-state index in [0.29, 0.717) is 17.3 Å². The van der Waals surface area contributed by atoms with E-state index >= 15 is 0 Å². The molecule has 0 atom stereocenters. The molecular formula is C15H19ClFN3. The van der Waals surface area contributed by atoms with Gasteiger partial charge in [-0.15, -0.1) is 0 Å². The van der Waals surface area contributed by atoms with Crippen molar-refractivity contribution < 1.29 is 4.39 Å². The first-order valence-corrected chi connectivity index (χ1v) is 6.87. The number of halogens is 2. The van der Waals surface area contributed by atoms with Gasteiger partial charge in [0.05, 0.1) is 16.4 Å². The Bertz CT molecular complexity index is 614. The Morgan fingerprint density at radius 1 is 1.35 bits per heavy atom. The van der Waals surface area contributed by atoms with Crippen molar-refractivity contribution >= 4 is 17.3 Å². The molecule has 2 rings (SSSR count). The fraction of sp³-hybridized carbons (Fsp3) is 0.400. The fourth-order valence-electron chi connectivity index (χ4n) is 2.12. The number of hydrogen-bond donors (Lipinski definition) is 1. The number of benzene rings is 1. The van der Waals surface area contributed by atoms with Crippen molar-refractivity contribution in [2.75, 3.05) is 5.32 Å². The molecule has 0 fully saturated rings. The summed E-state index contributed by atoms with van der Waals surface area (Å²) in [5.41, 5.74) is 2.67. The molecule has 2 aromatic rings. The largest absolute Gasteiger partial charge is 0.380 e. The van der Waals surface area contributed by atoms with Gasteiger partial charge in [0.25, 0.3) is 0 Å². The van der Waals surface area contributed by atoms with Crippen LogP contribution in [-0.4, -0.2) is 9.78 Å². The van der Waals surface area contributed by atoms with Gasteiger partial charge in [0.1, 0.15) is 5.82 Å². The predicted octanol–water partition coefficient (Wildman–Crippen LogP) is 4.12. The molecule has 5 heteroatoms. The van der Waals surface area contributed by atoms with Crippen LogP contribution in [-0.2, 0) is 19.0 Å². The minimum absolute atomic E-state index is 0.0377. The first-order chi connectivity index (χ1) is 9.27. The van der Waals surface area contributed by atoms with E-state index in [-0.39, 0.29) is 11.2 Å². The van der Waals surface area contributed by atoms with Gasteiger partial charge < -0.3 is 5.32 Å². The Labute approximate surface area is 123 Å². The summed E-state index contributed by atoms with van der Waals surface area (Å²) < 4.78 is 15.0. The number of anilines is 1. The van der Waals surface area contributed by atoms with E-state index in [9.17, 15) is 4.39 Å². The molecule has 1 N–H and O–H groups in total. The average Bonchev–Trinajstić information content (AvgIpc) is 2.72. The van der Waals surface area contributed by atoms with E-state index in [1.54, 1.807) is 10.7 Å². The van der Waals surface area contributed by atoms with Crippen molar-refractivity contribution in [1.29, 1.82) is 0 Å². The van der Waals surface area contributed by atoms with Gasteiger partial charge >= 0.3 is 0 Å². The molecule has 0 aliphatic carbocycles. The third kappa shape index (κ3) is 3.31. The van der Waals surface area contributed by atoms with Crippen molar-refractivity contribution in [3.63, 3.8) is 0 Å². The summed E-state index contributed by atoms with van der Waals surface area (Å²) in [6, 6.07) is 4.29. The highest BCUT2D eigenvalue weighted by molar-refractivity contribution is 6.33. The summed E-state index contributed by atoms with van der Waals surface area (Å²) in [6.45, 7) is 6.92. The molecule has 0 amide bonds. The number of nitrogens with zero attached hydrogens (tertiary/aromatic N) is 2. The number of nitrogens with one attached hydrogen (secondary N) is 1. The van der Waals surface area contributed by atoms with Crippen LogP contribution >= 0.6 is 11.6 Å². The first-order valence-electron chi connectivity index (χ1n) is 6.49. The average molecular weight is 296 g/mol. The van der Waals surface area contributed by atoms with Crippen molar-refractivity contribution in [2.24, 2.45) is 7.05 Å². The lowest BCUT2D eigenvalue weighted by Gasteiger charge is -2.18. The quantitative estimate of drug-likeness (QED) is 0.923. The van der Waals surface area contributed by atoms with E-state index in [4.69, 9.17) is 11.6 Å². The Morgan fingerprint density at radius 3 is 2.70 bits per heavy atom. The van der Waals surface area contributed by atoms with Gasteiger partial charge in [-0.3, -0.25) is 4.68 Å². The van der Waals surface area contributed by atoms with Crippen LogP contribution in [0.3, 0.4) is 0 Å². The highest BCUT2D eigenvalue weighted by atomic mass is 35.5. The third-order valence-electron chi connectivity index (χ3n) is 3.01. The fourth-order valence-corrected chi connectivity index (χ4v) is 2.31. The molecule has 1 heterocycles. The van der Waals surface area contributed by atoms with Crippen molar-refractivity contribution in [3.8, 4) is 0 Å². The molecule has 0 saturated carbocycles. The third-order valence-corrected chi connectivity index (χ3v) is 3.34. The summed E-state index contributed by atoms with van der Waals surface area (Å²) in [5, 5.41) is 8.18. The highest BCUT2D eigenvalue weighted by Crippen LogP contribution is 2.27. The minimum Gasteiger partial charge on any atom is -0.380 e.